The number of rotatable bonds is 4. The summed E-state index contributed by atoms with van der Waals surface area (Å²) in [7, 11) is 0. The first kappa shape index (κ1) is 15.4. The molecule has 0 saturated carbocycles. The van der Waals surface area contributed by atoms with Crippen LogP contribution in [0.1, 0.15) is 0 Å². The molecule has 0 N–H and O–H groups in total. The lowest BCUT2D eigenvalue weighted by Crippen LogP contribution is -1.79. The zero-order chi connectivity index (χ0) is 16.8. The van der Waals surface area contributed by atoms with Gasteiger partial charge in [0.1, 0.15) is 5.82 Å². The highest BCUT2D eigenvalue weighted by molar-refractivity contribution is 5.83. The van der Waals surface area contributed by atoms with Gasteiger partial charge in [0.15, 0.2) is 0 Å². The van der Waals surface area contributed by atoms with Crippen LogP contribution in [0.2, 0.25) is 0 Å². The predicted molar refractivity (Wildman–Crippen MR) is 91.3 cm³/mol. The van der Waals surface area contributed by atoms with Gasteiger partial charge in [-0.25, -0.2) is 4.39 Å². The molecule has 0 amide bonds. The summed E-state index contributed by atoms with van der Waals surface area (Å²) in [6, 6.07) is 20.6. The summed E-state index contributed by atoms with van der Waals surface area (Å²) in [6.07, 6.45) is 0. The van der Waals surface area contributed by atoms with Crippen molar-refractivity contribution in [1.82, 2.24) is 0 Å². The molecule has 0 aliphatic heterocycles. The van der Waals surface area contributed by atoms with Crippen LogP contribution >= 0.6 is 0 Å². The molecule has 0 radical (unpaired) electrons. The molecule has 116 valence electrons. The van der Waals surface area contributed by atoms with Crippen LogP contribution in [0.3, 0.4) is 0 Å². The van der Waals surface area contributed by atoms with Gasteiger partial charge in [-0.3, -0.25) is 0 Å². The van der Waals surface area contributed by atoms with E-state index in [9.17, 15) is 4.39 Å². The number of halogens is 1. The van der Waals surface area contributed by atoms with Crippen molar-refractivity contribution in [3.63, 3.8) is 0 Å². The second-order valence-corrected chi connectivity index (χ2v) is 4.91. The molecule has 3 aromatic rings. The van der Waals surface area contributed by atoms with Gasteiger partial charge in [0, 0.05) is 4.91 Å². The normalized spacial score (nSPS) is 10.5. The smallest absolute Gasteiger partial charge is 0.123 e. The average molecular weight is 317 g/mol. The molecule has 6 heteroatoms. The molecule has 24 heavy (non-hydrogen) atoms. The van der Waals surface area contributed by atoms with Crippen molar-refractivity contribution in [2.24, 2.45) is 15.3 Å². The number of azide groups is 1. The van der Waals surface area contributed by atoms with Crippen LogP contribution in [0, 0.1) is 5.82 Å². The van der Waals surface area contributed by atoms with Crippen LogP contribution in [-0.4, -0.2) is 0 Å². The van der Waals surface area contributed by atoms with Crippen molar-refractivity contribution >= 4 is 17.1 Å². The Morgan fingerprint density at radius 1 is 0.792 bits per heavy atom. The monoisotopic (exact) mass is 317 g/mol. The zero-order valence-electron chi connectivity index (χ0n) is 12.5. The third kappa shape index (κ3) is 3.45. The highest BCUT2D eigenvalue weighted by Gasteiger charge is 2.08. The Morgan fingerprint density at radius 3 is 2.25 bits per heavy atom. The fourth-order valence-electron chi connectivity index (χ4n) is 2.23. The van der Waals surface area contributed by atoms with Gasteiger partial charge in [-0.1, -0.05) is 47.6 Å². The van der Waals surface area contributed by atoms with Gasteiger partial charge in [0.05, 0.1) is 17.1 Å². The minimum Gasteiger partial charge on any atom is -0.207 e. The lowest BCUT2D eigenvalue weighted by molar-refractivity contribution is 0.628. The number of hydrogen-bond donors (Lipinski definition) is 0. The Morgan fingerprint density at radius 2 is 1.54 bits per heavy atom. The minimum atomic E-state index is -0.338. The maximum absolute atomic E-state index is 12.9. The zero-order valence-corrected chi connectivity index (χ0v) is 12.5. The number of azo groups is 1. The van der Waals surface area contributed by atoms with E-state index in [0.29, 0.717) is 17.1 Å². The molecule has 0 aliphatic rings. The van der Waals surface area contributed by atoms with Crippen LogP contribution in [-0.2, 0) is 0 Å². The van der Waals surface area contributed by atoms with Crippen molar-refractivity contribution in [3.8, 4) is 11.1 Å². The highest BCUT2D eigenvalue weighted by atomic mass is 19.1. The lowest BCUT2D eigenvalue weighted by atomic mass is 10.0. The van der Waals surface area contributed by atoms with Gasteiger partial charge in [-0.15, -0.1) is 0 Å². The molecule has 0 aromatic heterocycles. The summed E-state index contributed by atoms with van der Waals surface area (Å²) in [5, 5.41) is 12.0. The summed E-state index contributed by atoms with van der Waals surface area (Å²) >= 11 is 0. The van der Waals surface area contributed by atoms with E-state index >= 15 is 0 Å². The van der Waals surface area contributed by atoms with Gasteiger partial charge in [-0.05, 0) is 47.0 Å². The van der Waals surface area contributed by atoms with E-state index in [-0.39, 0.29) is 5.82 Å². The topological polar surface area (TPSA) is 73.5 Å². The molecule has 3 rings (SSSR count). The Kier molecular flexibility index (Phi) is 4.60. The number of benzene rings is 3. The standard InChI is InChI=1S/C18H12FN5/c19-14-9-11-15(12-10-14)21-22-17-8-4-7-16(18(17)23-24-20)13-5-2-1-3-6-13/h1-12H. The Balaban J connectivity index is 2.05. The molecule has 0 aliphatic carbocycles. The second-order valence-electron chi connectivity index (χ2n) is 4.91. The molecular formula is C18H12FN5. The van der Waals surface area contributed by atoms with Crippen LogP contribution in [0.15, 0.2) is 88.1 Å². The summed E-state index contributed by atoms with van der Waals surface area (Å²) < 4.78 is 12.9. The van der Waals surface area contributed by atoms with Crippen LogP contribution in [0.4, 0.5) is 21.5 Å². The van der Waals surface area contributed by atoms with Crippen molar-refractivity contribution in [3.05, 3.63) is 89.1 Å². The summed E-state index contributed by atoms with van der Waals surface area (Å²) in [5.41, 5.74) is 11.9. The largest absolute Gasteiger partial charge is 0.207 e. The SMILES string of the molecule is [N-]=[N+]=Nc1c(N=Nc2ccc(F)cc2)cccc1-c1ccccc1. The van der Waals surface area contributed by atoms with E-state index < -0.39 is 0 Å². The summed E-state index contributed by atoms with van der Waals surface area (Å²) in [5.74, 6) is -0.338. The maximum Gasteiger partial charge on any atom is 0.123 e. The molecule has 0 fully saturated rings. The summed E-state index contributed by atoms with van der Waals surface area (Å²) in [6.45, 7) is 0. The van der Waals surface area contributed by atoms with Gasteiger partial charge >= 0.3 is 0 Å². The van der Waals surface area contributed by atoms with Crippen molar-refractivity contribution in [2.75, 3.05) is 0 Å². The second kappa shape index (κ2) is 7.17. The first-order chi connectivity index (χ1) is 11.8. The first-order valence-electron chi connectivity index (χ1n) is 7.19. The van der Waals surface area contributed by atoms with E-state index in [4.69, 9.17) is 5.53 Å². The van der Waals surface area contributed by atoms with E-state index in [1.54, 1.807) is 6.07 Å². The quantitative estimate of drug-likeness (QED) is 0.287. The summed E-state index contributed by atoms with van der Waals surface area (Å²) in [4.78, 5) is 2.89. The fraction of sp³-hybridized carbons (Fsp3) is 0. The molecule has 0 bridgehead atoms. The van der Waals surface area contributed by atoms with Crippen LogP contribution in [0.5, 0.6) is 0 Å². The molecule has 0 spiro atoms. The van der Waals surface area contributed by atoms with Crippen molar-refractivity contribution in [1.29, 1.82) is 0 Å². The lowest BCUT2D eigenvalue weighted by Gasteiger charge is -2.07. The molecule has 0 saturated heterocycles. The van der Waals surface area contributed by atoms with E-state index in [1.165, 1.54) is 24.3 Å². The minimum absolute atomic E-state index is 0.338. The van der Waals surface area contributed by atoms with Gasteiger partial charge < -0.3 is 0 Å². The number of hydrogen-bond acceptors (Lipinski definition) is 3. The molecule has 5 nitrogen and oxygen atoms in total. The predicted octanol–water partition coefficient (Wildman–Crippen LogP) is 6.85. The van der Waals surface area contributed by atoms with E-state index in [0.717, 1.165) is 11.1 Å². The van der Waals surface area contributed by atoms with Gasteiger partial charge in [0.2, 0.25) is 0 Å². The Hall–Kier alpha value is -3.50. The van der Waals surface area contributed by atoms with E-state index in [1.807, 2.05) is 42.5 Å². The Bertz CT molecular complexity index is 914. The molecule has 0 unspecified atom stereocenters. The van der Waals surface area contributed by atoms with Gasteiger partial charge in [0.25, 0.3) is 0 Å². The van der Waals surface area contributed by atoms with Crippen molar-refractivity contribution in [2.45, 2.75) is 0 Å². The number of nitrogens with zero attached hydrogens (tertiary/aromatic N) is 5. The maximum atomic E-state index is 12.9. The van der Waals surface area contributed by atoms with Gasteiger partial charge in [-0.2, -0.15) is 10.2 Å². The first-order valence-corrected chi connectivity index (χ1v) is 7.19. The van der Waals surface area contributed by atoms with Crippen molar-refractivity contribution < 1.29 is 4.39 Å². The molecule has 0 heterocycles. The average Bonchev–Trinajstić information content (AvgIpc) is 2.63. The molecular weight excluding hydrogens is 305 g/mol. The highest BCUT2D eigenvalue weighted by Crippen LogP contribution is 2.39. The molecule has 3 aromatic carbocycles. The molecule has 0 atom stereocenters. The third-order valence-corrected chi connectivity index (χ3v) is 3.34. The third-order valence-electron chi connectivity index (χ3n) is 3.34. The van der Waals surface area contributed by atoms with Crippen LogP contribution < -0.4 is 0 Å². The van der Waals surface area contributed by atoms with Crippen LogP contribution in [0.25, 0.3) is 21.6 Å². The fourth-order valence-corrected chi connectivity index (χ4v) is 2.23. The van der Waals surface area contributed by atoms with E-state index in [2.05, 4.69) is 20.3 Å². The Labute approximate surface area is 137 Å².